The number of hydrogen-bond acceptors (Lipinski definition) is 4. The zero-order valence-corrected chi connectivity index (χ0v) is 14.4. The number of H-pyrrole nitrogens is 1. The van der Waals surface area contributed by atoms with Crippen LogP contribution in [0.4, 0.5) is 18.9 Å². The second-order valence-electron chi connectivity index (χ2n) is 5.51. The molecule has 3 aromatic rings. The van der Waals surface area contributed by atoms with Gasteiger partial charge in [0.25, 0.3) is 11.5 Å². The number of carbonyl (C=O) groups is 1. The molecule has 2 heterocycles. The Balaban J connectivity index is 2.02. The molecule has 1 aromatic carbocycles. The maximum absolute atomic E-state index is 13.6. The molecule has 1 amide bonds. The standard InChI is InChI=1S/C16H11ClF3N5O2/c1-8-2-3-9(6-11(8)17)22-15(27)10-7-21-25(14(10)16(18,19)20)12-4-5-13(26)24-23-12/h2-7H,1H3,(H,22,27)(H,24,26). The Labute approximate surface area is 154 Å². The molecule has 140 valence electrons. The lowest BCUT2D eigenvalue weighted by molar-refractivity contribution is -0.143. The van der Waals surface area contributed by atoms with Crippen LogP contribution >= 0.6 is 11.6 Å². The van der Waals surface area contributed by atoms with Crippen LogP contribution in [0.15, 0.2) is 41.3 Å². The lowest BCUT2D eigenvalue weighted by atomic mass is 10.2. The van der Waals surface area contributed by atoms with E-state index in [-0.39, 0.29) is 11.5 Å². The molecule has 0 aliphatic rings. The fourth-order valence-electron chi connectivity index (χ4n) is 2.29. The Kier molecular flexibility index (Phi) is 4.75. The first-order valence-corrected chi connectivity index (χ1v) is 7.83. The molecular formula is C16H11ClF3N5O2. The molecule has 0 radical (unpaired) electrons. The number of nitrogens with zero attached hydrogens (tertiary/aromatic N) is 3. The smallest absolute Gasteiger partial charge is 0.322 e. The van der Waals surface area contributed by atoms with Crippen LogP contribution in [0.3, 0.4) is 0 Å². The maximum Gasteiger partial charge on any atom is 0.434 e. The number of carbonyl (C=O) groups excluding carboxylic acids is 1. The molecule has 27 heavy (non-hydrogen) atoms. The van der Waals surface area contributed by atoms with Gasteiger partial charge in [-0.2, -0.15) is 23.4 Å². The largest absolute Gasteiger partial charge is 0.434 e. The molecule has 7 nitrogen and oxygen atoms in total. The van der Waals surface area contributed by atoms with Gasteiger partial charge in [0.05, 0.1) is 11.8 Å². The predicted octanol–water partition coefficient (Wildman–Crippen LogP) is 3.19. The van der Waals surface area contributed by atoms with E-state index in [4.69, 9.17) is 11.6 Å². The zero-order chi connectivity index (χ0) is 19.8. The van der Waals surface area contributed by atoms with Gasteiger partial charge in [-0.1, -0.05) is 17.7 Å². The minimum atomic E-state index is -4.90. The molecular weight excluding hydrogens is 387 g/mol. The predicted molar refractivity (Wildman–Crippen MR) is 91.1 cm³/mol. The van der Waals surface area contributed by atoms with Crippen molar-refractivity contribution in [2.45, 2.75) is 13.1 Å². The third-order valence-electron chi connectivity index (χ3n) is 3.59. The number of anilines is 1. The van der Waals surface area contributed by atoms with E-state index in [0.717, 1.165) is 23.9 Å². The summed E-state index contributed by atoms with van der Waals surface area (Å²) < 4.78 is 41.1. The minimum Gasteiger partial charge on any atom is -0.322 e. The summed E-state index contributed by atoms with van der Waals surface area (Å²) in [6.07, 6.45) is -4.12. The number of hydrogen-bond donors (Lipinski definition) is 2. The molecule has 0 aliphatic carbocycles. The summed E-state index contributed by atoms with van der Waals surface area (Å²) in [7, 11) is 0. The van der Waals surface area contributed by atoms with E-state index in [1.165, 1.54) is 12.1 Å². The van der Waals surface area contributed by atoms with Gasteiger partial charge in [-0.3, -0.25) is 9.59 Å². The van der Waals surface area contributed by atoms with E-state index >= 15 is 0 Å². The molecule has 0 unspecified atom stereocenters. The second-order valence-corrected chi connectivity index (χ2v) is 5.92. The highest BCUT2D eigenvalue weighted by atomic mass is 35.5. The second kappa shape index (κ2) is 6.88. The van der Waals surface area contributed by atoms with Gasteiger partial charge in [0.2, 0.25) is 0 Å². The summed E-state index contributed by atoms with van der Waals surface area (Å²) in [4.78, 5) is 23.4. The number of aromatic amines is 1. The van der Waals surface area contributed by atoms with Crippen LogP contribution in [0, 0.1) is 6.92 Å². The fraction of sp³-hybridized carbons (Fsp3) is 0.125. The van der Waals surface area contributed by atoms with E-state index in [0.29, 0.717) is 9.70 Å². The van der Waals surface area contributed by atoms with Crippen molar-refractivity contribution in [3.8, 4) is 5.82 Å². The summed E-state index contributed by atoms with van der Waals surface area (Å²) in [5.41, 5.74) is -1.63. The molecule has 0 saturated heterocycles. The van der Waals surface area contributed by atoms with Crippen LogP contribution in [0.5, 0.6) is 0 Å². The summed E-state index contributed by atoms with van der Waals surface area (Å²) >= 11 is 5.96. The summed E-state index contributed by atoms with van der Waals surface area (Å²) in [5, 5.41) is 11.9. The first kappa shape index (κ1) is 18.6. The van der Waals surface area contributed by atoms with Crippen LogP contribution in [-0.2, 0) is 6.18 Å². The number of benzene rings is 1. The Hall–Kier alpha value is -3.14. The molecule has 3 rings (SSSR count). The van der Waals surface area contributed by atoms with Gasteiger partial charge in [0.1, 0.15) is 0 Å². The van der Waals surface area contributed by atoms with Crippen LogP contribution in [0.1, 0.15) is 21.6 Å². The SMILES string of the molecule is Cc1ccc(NC(=O)c2cnn(-c3ccc(=O)[nH]n3)c2C(F)(F)F)cc1Cl. The van der Waals surface area contributed by atoms with Crippen molar-refractivity contribution in [3.63, 3.8) is 0 Å². The first-order chi connectivity index (χ1) is 12.7. The van der Waals surface area contributed by atoms with Crippen LogP contribution in [-0.4, -0.2) is 25.9 Å². The van der Waals surface area contributed by atoms with E-state index in [1.807, 2.05) is 5.10 Å². The van der Waals surface area contributed by atoms with E-state index < -0.39 is 28.9 Å². The molecule has 0 atom stereocenters. The normalized spacial score (nSPS) is 11.4. The number of aryl methyl sites for hydroxylation is 1. The molecule has 11 heteroatoms. The molecule has 0 spiro atoms. The van der Waals surface area contributed by atoms with E-state index in [1.54, 1.807) is 13.0 Å². The van der Waals surface area contributed by atoms with Gasteiger partial charge in [-0.15, -0.1) is 0 Å². The van der Waals surface area contributed by atoms with Crippen molar-refractivity contribution in [3.05, 3.63) is 68.7 Å². The van der Waals surface area contributed by atoms with Crippen molar-refractivity contribution in [1.29, 1.82) is 0 Å². The topological polar surface area (TPSA) is 92.7 Å². The van der Waals surface area contributed by atoms with E-state index in [9.17, 15) is 22.8 Å². The fourth-order valence-corrected chi connectivity index (χ4v) is 2.47. The Morgan fingerprint density at radius 2 is 2.00 bits per heavy atom. The van der Waals surface area contributed by atoms with Crippen LogP contribution < -0.4 is 10.9 Å². The van der Waals surface area contributed by atoms with Crippen LogP contribution in [0.2, 0.25) is 5.02 Å². The monoisotopic (exact) mass is 397 g/mol. The van der Waals surface area contributed by atoms with Gasteiger partial charge in [0.15, 0.2) is 11.5 Å². The Bertz CT molecular complexity index is 1050. The number of amides is 1. The van der Waals surface area contributed by atoms with Crippen molar-refractivity contribution in [2.75, 3.05) is 5.32 Å². The van der Waals surface area contributed by atoms with Crippen molar-refractivity contribution < 1.29 is 18.0 Å². The molecule has 2 aromatic heterocycles. The number of halogens is 4. The lowest BCUT2D eigenvalue weighted by Crippen LogP contribution is -2.21. The molecule has 0 saturated carbocycles. The third kappa shape index (κ3) is 3.85. The average molecular weight is 398 g/mol. The highest BCUT2D eigenvalue weighted by Gasteiger charge is 2.41. The van der Waals surface area contributed by atoms with Gasteiger partial charge >= 0.3 is 6.18 Å². The number of alkyl halides is 3. The van der Waals surface area contributed by atoms with Crippen molar-refractivity contribution in [1.82, 2.24) is 20.0 Å². The van der Waals surface area contributed by atoms with Gasteiger partial charge in [0, 0.05) is 16.8 Å². The minimum absolute atomic E-state index is 0.235. The lowest BCUT2D eigenvalue weighted by Gasteiger charge is -2.12. The molecule has 2 N–H and O–H groups in total. The Morgan fingerprint density at radius 1 is 1.26 bits per heavy atom. The van der Waals surface area contributed by atoms with Crippen molar-refractivity contribution in [2.24, 2.45) is 0 Å². The summed E-state index contributed by atoms with van der Waals surface area (Å²) in [6, 6.07) is 6.62. The first-order valence-electron chi connectivity index (χ1n) is 7.45. The van der Waals surface area contributed by atoms with Crippen LogP contribution in [0.25, 0.3) is 5.82 Å². The Morgan fingerprint density at radius 3 is 2.59 bits per heavy atom. The average Bonchev–Trinajstić information content (AvgIpc) is 3.04. The van der Waals surface area contributed by atoms with Gasteiger partial charge < -0.3 is 5.32 Å². The number of aromatic nitrogens is 4. The highest BCUT2D eigenvalue weighted by Crippen LogP contribution is 2.33. The molecule has 0 fully saturated rings. The molecule has 0 bridgehead atoms. The number of nitrogens with one attached hydrogen (secondary N) is 2. The van der Waals surface area contributed by atoms with Crippen molar-refractivity contribution >= 4 is 23.2 Å². The maximum atomic E-state index is 13.6. The molecule has 0 aliphatic heterocycles. The van der Waals surface area contributed by atoms with Gasteiger partial charge in [-0.25, -0.2) is 9.78 Å². The summed E-state index contributed by atoms with van der Waals surface area (Å²) in [6.45, 7) is 1.75. The zero-order valence-electron chi connectivity index (χ0n) is 13.6. The third-order valence-corrected chi connectivity index (χ3v) is 4.00. The summed E-state index contributed by atoms with van der Waals surface area (Å²) in [5.74, 6) is -1.31. The van der Waals surface area contributed by atoms with E-state index in [2.05, 4.69) is 15.5 Å². The highest BCUT2D eigenvalue weighted by molar-refractivity contribution is 6.31. The quantitative estimate of drug-likeness (QED) is 0.710. The number of rotatable bonds is 3. The van der Waals surface area contributed by atoms with Gasteiger partial charge in [-0.05, 0) is 30.7 Å².